The van der Waals surface area contributed by atoms with E-state index < -0.39 is 0 Å². The maximum Gasteiger partial charge on any atom is 0.275 e. The van der Waals surface area contributed by atoms with Crippen molar-refractivity contribution < 1.29 is 9.59 Å². The van der Waals surface area contributed by atoms with Crippen LogP contribution in [0.2, 0.25) is 0 Å². The van der Waals surface area contributed by atoms with Gasteiger partial charge in [0.1, 0.15) is 6.54 Å². The Morgan fingerprint density at radius 3 is 2.75 bits per heavy atom. The largest absolute Gasteiger partial charge is 0.342 e. The van der Waals surface area contributed by atoms with Crippen LogP contribution in [0.3, 0.4) is 0 Å². The summed E-state index contributed by atoms with van der Waals surface area (Å²) >= 11 is 0. The SMILES string of the molecule is CCN(CC)C(=O)Cn1cc(C(=O)N(C)C[C@@H]2CCCNC2)nn1. The van der Waals surface area contributed by atoms with Gasteiger partial charge >= 0.3 is 0 Å². The molecule has 0 radical (unpaired) electrons. The number of hydrogen-bond donors (Lipinski definition) is 1. The Morgan fingerprint density at radius 1 is 1.38 bits per heavy atom. The summed E-state index contributed by atoms with van der Waals surface area (Å²) in [6, 6.07) is 0. The van der Waals surface area contributed by atoms with Crippen molar-refractivity contribution in [2.45, 2.75) is 33.2 Å². The van der Waals surface area contributed by atoms with Crippen molar-refractivity contribution in [3.05, 3.63) is 11.9 Å². The van der Waals surface area contributed by atoms with Gasteiger partial charge in [0.15, 0.2) is 5.69 Å². The minimum Gasteiger partial charge on any atom is -0.342 e. The van der Waals surface area contributed by atoms with E-state index in [1.807, 2.05) is 13.8 Å². The predicted octanol–water partition coefficient (Wildman–Crippen LogP) is 0.218. The summed E-state index contributed by atoms with van der Waals surface area (Å²) in [6.07, 6.45) is 3.84. The lowest BCUT2D eigenvalue weighted by molar-refractivity contribution is -0.131. The van der Waals surface area contributed by atoms with E-state index >= 15 is 0 Å². The molecular weight excluding hydrogens is 308 g/mol. The lowest BCUT2D eigenvalue weighted by Gasteiger charge is -2.27. The smallest absolute Gasteiger partial charge is 0.275 e. The molecule has 1 aliphatic rings. The van der Waals surface area contributed by atoms with E-state index in [0.29, 0.717) is 25.6 Å². The first-order valence-corrected chi connectivity index (χ1v) is 8.69. The highest BCUT2D eigenvalue weighted by molar-refractivity contribution is 5.91. The van der Waals surface area contributed by atoms with Gasteiger partial charge in [-0.1, -0.05) is 5.21 Å². The van der Waals surface area contributed by atoms with Crippen LogP contribution in [-0.2, 0) is 11.3 Å². The van der Waals surface area contributed by atoms with Crippen molar-refractivity contribution in [3.8, 4) is 0 Å². The second kappa shape index (κ2) is 8.77. The molecule has 1 aromatic rings. The van der Waals surface area contributed by atoms with E-state index in [0.717, 1.165) is 25.9 Å². The third-order valence-corrected chi connectivity index (χ3v) is 4.45. The number of piperidine rings is 1. The van der Waals surface area contributed by atoms with Gasteiger partial charge in [-0.2, -0.15) is 0 Å². The van der Waals surface area contributed by atoms with E-state index in [9.17, 15) is 9.59 Å². The molecule has 0 spiro atoms. The highest BCUT2D eigenvalue weighted by atomic mass is 16.2. The highest BCUT2D eigenvalue weighted by Gasteiger charge is 2.21. The number of amides is 2. The molecule has 0 bridgehead atoms. The minimum atomic E-state index is -0.151. The molecule has 134 valence electrons. The zero-order chi connectivity index (χ0) is 17.5. The molecule has 1 fully saturated rings. The van der Waals surface area contributed by atoms with E-state index in [1.54, 1.807) is 23.0 Å². The molecule has 1 atom stereocenters. The number of aromatic nitrogens is 3. The van der Waals surface area contributed by atoms with Crippen LogP contribution < -0.4 is 5.32 Å². The molecule has 1 N–H and O–H groups in total. The monoisotopic (exact) mass is 336 g/mol. The average molecular weight is 336 g/mol. The number of nitrogens with zero attached hydrogens (tertiary/aromatic N) is 5. The second-order valence-electron chi connectivity index (χ2n) is 6.27. The molecule has 2 amide bonds. The quantitative estimate of drug-likeness (QED) is 0.770. The number of carbonyl (C=O) groups excluding carboxylic acids is 2. The van der Waals surface area contributed by atoms with Crippen molar-refractivity contribution >= 4 is 11.8 Å². The maximum atomic E-state index is 12.5. The third-order valence-electron chi connectivity index (χ3n) is 4.45. The third kappa shape index (κ3) is 4.77. The fraction of sp³-hybridized carbons (Fsp3) is 0.750. The van der Waals surface area contributed by atoms with Crippen LogP contribution in [0.4, 0.5) is 0 Å². The fourth-order valence-electron chi connectivity index (χ4n) is 3.03. The first-order chi connectivity index (χ1) is 11.5. The topological polar surface area (TPSA) is 83.4 Å². The normalized spacial score (nSPS) is 17.5. The summed E-state index contributed by atoms with van der Waals surface area (Å²) in [4.78, 5) is 28.0. The summed E-state index contributed by atoms with van der Waals surface area (Å²) < 4.78 is 1.43. The number of nitrogens with one attached hydrogen (secondary N) is 1. The van der Waals surface area contributed by atoms with Gasteiger partial charge in [0.05, 0.1) is 6.20 Å². The standard InChI is InChI=1S/C16H28N6O2/c1-4-21(5-2)15(23)12-22-11-14(18-19-22)16(24)20(3)10-13-7-6-8-17-9-13/h11,13,17H,4-10,12H2,1-3H3/t13-/m1/s1. The van der Waals surface area contributed by atoms with Gasteiger partial charge in [-0.25, -0.2) is 4.68 Å². The number of rotatable bonds is 7. The lowest BCUT2D eigenvalue weighted by atomic mass is 9.99. The molecule has 24 heavy (non-hydrogen) atoms. The summed E-state index contributed by atoms with van der Waals surface area (Å²) in [5.41, 5.74) is 0.286. The number of carbonyl (C=O) groups is 2. The maximum absolute atomic E-state index is 12.5. The van der Waals surface area contributed by atoms with E-state index in [4.69, 9.17) is 0 Å². The molecule has 8 nitrogen and oxygen atoms in total. The minimum absolute atomic E-state index is 0.0227. The number of likely N-dealkylation sites (N-methyl/N-ethyl adjacent to an activating group) is 1. The van der Waals surface area contributed by atoms with Crippen molar-refractivity contribution in [1.82, 2.24) is 30.1 Å². The van der Waals surface area contributed by atoms with Crippen molar-refractivity contribution in [1.29, 1.82) is 0 Å². The first kappa shape index (κ1) is 18.4. The van der Waals surface area contributed by atoms with Crippen molar-refractivity contribution in [3.63, 3.8) is 0 Å². The van der Waals surface area contributed by atoms with Gasteiger partial charge < -0.3 is 15.1 Å². The molecule has 2 rings (SSSR count). The Morgan fingerprint density at radius 2 is 2.12 bits per heavy atom. The molecule has 1 aliphatic heterocycles. The summed E-state index contributed by atoms with van der Waals surface area (Å²) in [5.74, 6) is 0.305. The van der Waals surface area contributed by atoms with E-state index in [-0.39, 0.29) is 24.1 Å². The summed E-state index contributed by atoms with van der Waals surface area (Å²) in [6.45, 7) is 8.02. The Hall–Kier alpha value is -1.96. The van der Waals surface area contributed by atoms with Gasteiger partial charge in [-0.3, -0.25) is 9.59 Å². The van der Waals surface area contributed by atoms with Gasteiger partial charge in [0.2, 0.25) is 5.91 Å². The molecule has 0 aliphatic carbocycles. The predicted molar refractivity (Wildman–Crippen MR) is 90.5 cm³/mol. The second-order valence-corrected chi connectivity index (χ2v) is 6.27. The fourth-order valence-corrected chi connectivity index (χ4v) is 3.03. The van der Waals surface area contributed by atoms with Gasteiger partial charge in [-0.15, -0.1) is 5.10 Å². The molecule has 1 saturated heterocycles. The van der Waals surface area contributed by atoms with Crippen LogP contribution in [0.1, 0.15) is 37.2 Å². The Labute approximate surface area is 143 Å². The summed E-state index contributed by atoms with van der Waals surface area (Å²) in [7, 11) is 1.79. The molecule has 1 aromatic heterocycles. The molecular formula is C16H28N6O2. The summed E-state index contributed by atoms with van der Waals surface area (Å²) in [5, 5.41) is 11.2. The van der Waals surface area contributed by atoms with E-state index in [1.165, 1.54) is 4.68 Å². The van der Waals surface area contributed by atoms with Gasteiger partial charge in [0, 0.05) is 26.7 Å². The molecule has 8 heteroatoms. The van der Waals surface area contributed by atoms with Crippen LogP contribution in [0.15, 0.2) is 6.20 Å². The molecule has 0 unspecified atom stereocenters. The van der Waals surface area contributed by atoms with Gasteiger partial charge in [0.25, 0.3) is 5.91 Å². The van der Waals surface area contributed by atoms with Crippen molar-refractivity contribution in [2.75, 3.05) is 39.8 Å². The van der Waals surface area contributed by atoms with Crippen LogP contribution >= 0.6 is 0 Å². The number of hydrogen-bond acceptors (Lipinski definition) is 5. The van der Waals surface area contributed by atoms with Gasteiger partial charge in [-0.05, 0) is 45.7 Å². The van der Waals surface area contributed by atoms with Crippen LogP contribution in [0.25, 0.3) is 0 Å². The van der Waals surface area contributed by atoms with Crippen LogP contribution in [0.5, 0.6) is 0 Å². The Bertz CT molecular complexity index is 549. The first-order valence-electron chi connectivity index (χ1n) is 8.69. The van der Waals surface area contributed by atoms with Crippen LogP contribution in [0, 0.1) is 5.92 Å². The molecule has 0 aromatic carbocycles. The van der Waals surface area contributed by atoms with Crippen LogP contribution in [-0.4, -0.2) is 76.4 Å². The lowest BCUT2D eigenvalue weighted by Crippen LogP contribution is -2.39. The highest BCUT2D eigenvalue weighted by Crippen LogP contribution is 2.12. The zero-order valence-electron chi connectivity index (χ0n) is 14.9. The van der Waals surface area contributed by atoms with Crippen molar-refractivity contribution in [2.24, 2.45) is 5.92 Å². The Balaban J connectivity index is 1.91. The van der Waals surface area contributed by atoms with E-state index in [2.05, 4.69) is 15.6 Å². The molecule has 0 saturated carbocycles. The molecule has 2 heterocycles. The average Bonchev–Trinajstić information content (AvgIpc) is 3.04. The Kier molecular flexibility index (Phi) is 6.72. The zero-order valence-corrected chi connectivity index (χ0v) is 14.9.